The first-order chi connectivity index (χ1) is 7.36. The lowest BCUT2D eigenvalue weighted by molar-refractivity contribution is -0.127. The summed E-state index contributed by atoms with van der Waals surface area (Å²) < 4.78 is 5.26. The Morgan fingerprint density at radius 3 is 2.60 bits per heavy atom. The van der Waals surface area contributed by atoms with Crippen molar-refractivity contribution in [2.75, 3.05) is 45.9 Å². The maximum Gasteiger partial charge on any atom is 0.150 e. The van der Waals surface area contributed by atoms with Crippen LogP contribution in [0.25, 0.3) is 0 Å². The highest BCUT2D eigenvalue weighted by Gasteiger charge is 2.23. The smallest absolute Gasteiger partial charge is 0.150 e. The van der Waals surface area contributed by atoms with E-state index in [0.29, 0.717) is 12.3 Å². The number of carbonyl (C=O) groups is 1. The standard InChI is InChI=1S/C11H20N2O2/c14-11(10-1-7-15-8-2-10)9-13-5-3-12-4-6-13/h10,12H,1-9H2. The molecule has 0 bridgehead atoms. The summed E-state index contributed by atoms with van der Waals surface area (Å²) in [6.45, 7) is 6.22. The van der Waals surface area contributed by atoms with E-state index < -0.39 is 0 Å². The summed E-state index contributed by atoms with van der Waals surface area (Å²) >= 11 is 0. The molecule has 2 heterocycles. The maximum absolute atomic E-state index is 11.9. The van der Waals surface area contributed by atoms with Crippen LogP contribution in [0.1, 0.15) is 12.8 Å². The van der Waals surface area contributed by atoms with Gasteiger partial charge in [0, 0.05) is 45.3 Å². The van der Waals surface area contributed by atoms with E-state index in [9.17, 15) is 4.79 Å². The Morgan fingerprint density at radius 1 is 1.27 bits per heavy atom. The fraction of sp³-hybridized carbons (Fsp3) is 0.909. The second kappa shape index (κ2) is 5.58. The predicted octanol–water partition coefficient (Wildman–Crippen LogP) is -0.113. The van der Waals surface area contributed by atoms with Gasteiger partial charge in [0.15, 0.2) is 0 Å². The van der Waals surface area contributed by atoms with Crippen molar-refractivity contribution < 1.29 is 9.53 Å². The van der Waals surface area contributed by atoms with Gasteiger partial charge in [-0.15, -0.1) is 0 Å². The fourth-order valence-electron chi connectivity index (χ4n) is 2.24. The van der Waals surface area contributed by atoms with Gasteiger partial charge in [-0.1, -0.05) is 0 Å². The van der Waals surface area contributed by atoms with Crippen LogP contribution in [0.3, 0.4) is 0 Å². The summed E-state index contributed by atoms with van der Waals surface area (Å²) in [5.41, 5.74) is 0. The molecule has 2 fully saturated rings. The van der Waals surface area contributed by atoms with Crippen molar-refractivity contribution in [1.29, 1.82) is 0 Å². The maximum atomic E-state index is 11.9. The number of hydrogen-bond donors (Lipinski definition) is 1. The second-order valence-corrected chi connectivity index (χ2v) is 4.38. The SMILES string of the molecule is O=C(CN1CCNCC1)C1CCOCC1. The lowest BCUT2D eigenvalue weighted by atomic mass is 9.95. The fourth-order valence-corrected chi connectivity index (χ4v) is 2.24. The number of rotatable bonds is 3. The van der Waals surface area contributed by atoms with E-state index in [0.717, 1.165) is 52.2 Å². The lowest BCUT2D eigenvalue weighted by Gasteiger charge is -2.29. The number of carbonyl (C=O) groups excluding carboxylic acids is 1. The van der Waals surface area contributed by atoms with Crippen molar-refractivity contribution in [2.24, 2.45) is 5.92 Å². The van der Waals surface area contributed by atoms with Gasteiger partial charge in [-0.05, 0) is 12.8 Å². The van der Waals surface area contributed by atoms with Crippen LogP contribution in [0.5, 0.6) is 0 Å². The molecule has 0 spiro atoms. The van der Waals surface area contributed by atoms with E-state index in [4.69, 9.17) is 4.74 Å². The zero-order valence-electron chi connectivity index (χ0n) is 9.21. The van der Waals surface area contributed by atoms with E-state index in [1.807, 2.05) is 0 Å². The van der Waals surface area contributed by atoms with Crippen LogP contribution in [0.2, 0.25) is 0 Å². The van der Waals surface area contributed by atoms with E-state index in [1.165, 1.54) is 0 Å². The minimum atomic E-state index is 0.258. The Hall–Kier alpha value is -0.450. The molecule has 0 unspecified atom stereocenters. The minimum absolute atomic E-state index is 0.258. The van der Waals surface area contributed by atoms with Crippen LogP contribution in [-0.4, -0.2) is 56.6 Å². The molecule has 0 aromatic heterocycles. The van der Waals surface area contributed by atoms with Gasteiger partial charge in [-0.3, -0.25) is 9.69 Å². The van der Waals surface area contributed by atoms with Crippen molar-refractivity contribution in [3.63, 3.8) is 0 Å². The van der Waals surface area contributed by atoms with Crippen LogP contribution in [0.4, 0.5) is 0 Å². The number of ketones is 1. The van der Waals surface area contributed by atoms with Crippen LogP contribution < -0.4 is 5.32 Å². The van der Waals surface area contributed by atoms with E-state index in [-0.39, 0.29) is 5.92 Å². The molecule has 0 saturated carbocycles. The van der Waals surface area contributed by atoms with Crippen molar-refractivity contribution in [3.8, 4) is 0 Å². The summed E-state index contributed by atoms with van der Waals surface area (Å²) in [5.74, 6) is 0.675. The summed E-state index contributed by atoms with van der Waals surface area (Å²) in [4.78, 5) is 14.2. The number of ether oxygens (including phenoxy) is 1. The second-order valence-electron chi connectivity index (χ2n) is 4.38. The Balaban J connectivity index is 1.74. The minimum Gasteiger partial charge on any atom is -0.381 e. The molecule has 0 radical (unpaired) electrons. The molecule has 0 aliphatic carbocycles. The van der Waals surface area contributed by atoms with E-state index >= 15 is 0 Å². The van der Waals surface area contributed by atoms with Gasteiger partial charge < -0.3 is 10.1 Å². The number of Topliss-reactive ketones (excluding diaryl/α,β-unsaturated/α-hetero) is 1. The number of nitrogens with zero attached hydrogens (tertiary/aromatic N) is 1. The van der Waals surface area contributed by atoms with E-state index in [1.54, 1.807) is 0 Å². The molecule has 2 rings (SSSR count). The monoisotopic (exact) mass is 212 g/mol. The highest BCUT2D eigenvalue weighted by molar-refractivity contribution is 5.83. The Bertz CT molecular complexity index is 209. The van der Waals surface area contributed by atoms with Gasteiger partial charge in [0.1, 0.15) is 5.78 Å². The van der Waals surface area contributed by atoms with Gasteiger partial charge in [-0.2, -0.15) is 0 Å². The van der Waals surface area contributed by atoms with Gasteiger partial charge >= 0.3 is 0 Å². The number of nitrogens with one attached hydrogen (secondary N) is 1. The molecule has 2 aliphatic rings. The number of piperazine rings is 1. The third-order valence-electron chi connectivity index (χ3n) is 3.27. The molecule has 1 N–H and O–H groups in total. The molecule has 86 valence electrons. The Labute approximate surface area is 91.0 Å². The van der Waals surface area contributed by atoms with Crippen LogP contribution in [0, 0.1) is 5.92 Å². The van der Waals surface area contributed by atoms with Gasteiger partial charge in [0.25, 0.3) is 0 Å². The third-order valence-corrected chi connectivity index (χ3v) is 3.27. The normalized spacial score (nSPS) is 25.3. The van der Waals surface area contributed by atoms with Crippen LogP contribution in [-0.2, 0) is 9.53 Å². The molecular formula is C11H20N2O2. The zero-order chi connectivity index (χ0) is 10.5. The molecule has 0 aromatic rings. The zero-order valence-corrected chi connectivity index (χ0v) is 9.21. The first-order valence-corrected chi connectivity index (χ1v) is 5.90. The summed E-state index contributed by atoms with van der Waals surface area (Å²) in [7, 11) is 0. The Morgan fingerprint density at radius 2 is 1.93 bits per heavy atom. The average Bonchev–Trinajstić information content (AvgIpc) is 2.31. The summed E-state index contributed by atoms with van der Waals surface area (Å²) in [6, 6.07) is 0. The molecule has 2 aliphatic heterocycles. The quantitative estimate of drug-likeness (QED) is 0.708. The van der Waals surface area contributed by atoms with Gasteiger partial charge in [-0.25, -0.2) is 0 Å². The topological polar surface area (TPSA) is 41.6 Å². The van der Waals surface area contributed by atoms with E-state index in [2.05, 4.69) is 10.2 Å². The summed E-state index contributed by atoms with van der Waals surface area (Å²) in [6.07, 6.45) is 1.84. The van der Waals surface area contributed by atoms with Gasteiger partial charge in [0.2, 0.25) is 0 Å². The highest BCUT2D eigenvalue weighted by atomic mass is 16.5. The lowest BCUT2D eigenvalue weighted by Crippen LogP contribution is -2.46. The van der Waals surface area contributed by atoms with Crippen LogP contribution in [0.15, 0.2) is 0 Å². The number of hydrogen-bond acceptors (Lipinski definition) is 4. The average molecular weight is 212 g/mol. The Kier molecular flexibility index (Phi) is 4.11. The summed E-state index contributed by atoms with van der Waals surface area (Å²) in [5, 5.41) is 3.29. The van der Waals surface area contributed by atoms with Crippen molar-refractivity contribution in [2.45, 2.75) is 12.8 Å². The molecule has 0 aromatic carbocycles. The van der Waals surface area contributed by atoms with Crippen molar-refractivity contribution >= 4 is 5.78 Å². The molecule has 2 saturated heterocycles. The highest BCUT2D eigenvalue weighted by Crippen LogP contribution is 2.16. The predicted molar refractivity (Wildman–Crippen MR) is 57.9 cm³/mol. The largest absolute Gasteiger partial charge is 0.381 e. The van der Waals surface area contributed by atoms with Gasteiger partial charge in [0.05, 0.1) is 6.54 Å². The molecule has 4 nitrogen and oxygen atoms in total. The molecule has 4 heteroatoms. The first-order valence-electron chi connectivity index (χ1n) is 5.90. The molecule has 0 amide bonds. The first kappa shape index (κ1) is 11.0. The molecule has 15 heavy (non-hydrogen) atoms. The van der Waals surface area contributed by atoms with Crippen molar-refractivity contribution in [1.82, 2.24) is 10.2 Å². The third kappa shape index (κ3) is 3.26. The van der Waals surface area contributed by atoms with Crippen LogP contribution >= 0.6 is 0 Å². The molecular weight excluding hydrogens is 192 g/mol. The molecule has 0 atom stereocenters. The van der Waals surface area contributed by atoms with Crippen molar-refractivity contribution in [3.05, 3.63) is 0 Å².